The molecule has 1 saturated heterocycles. The quantitative estimate of drug-likeness (QED) is 0.841. The fourth-order valence-corrected chi connectivity index (χ4v) is 4.26. The number of nitrogens with two attached hydrogens (primary N) is 1. The van der Waals surface area contributed by atoms with Crippen LogP contribution in [0.4, 0.5) is 0 Å². The summed E-state index contributed by atoms with van der Waals surface area (Å²) in [6.07, 6.45) is 4.36. The molecule has 1 amide bonds. The van der Waals surface area contributed by atoms with Crippen molar-refractivity contribution < 1.29 is 4.79 Å². The largest absolute Gasteiger partial charge is 0.341 e. The molecule has 0 aromatic heterocycles. The van der Waals surface area contributed by atoms with Gasteiger partial charge >= 0.3 is 0 Å². The molecule has 1 saturated carbocycles. The number of carbonyl (C=O) groups is 1. The summed E-state index contributed by atoms with van der Waals surface area (Å²) in [4.78, 5) is 17.6. The van der Waals surface area contributed by atoms with Gasteiger partial charge in [0.2, 0.25) is 5.91 Å². The van der Waals surface area contributed by atoms with Gasteiger partial charge in [-0.2, -0.15) is 0 Å². The molecule has 1 heterocycles. The van der Waals surface area contributed by atoms with Crippen molar-refractivity contribution in [3.05, 3.63) is 35.9 Å². The first-order valence-electron chi connectivity index (χ1n) is 9.46. The van der Waals surface area contributed by atoms with E-state index in [0.717, 1.165) is 51.9 Å². The molecular weight excluding hydrogens is 369 g/mol. The van der Waals surface area contributed by atoms with E-state index in [0.29, 0.717) is 24.4 Å². The van der Waals surface area contributed by atoms with Gasteiger partial charge in [0.05, 0.1) is 0 Å². The first-order valence-corrected chi connectivity index (χ1v) is 9.46. The van der Waals surface area contributed by atoms with Crippen LogP contribution in [0.25, 0.3) is 0 Å². The van der Waals surface area contributed by atoms with Gasteiger partial charge in [-0.25, -0.2) is 0 Å². The summed E-state index contributed by atoms with van der Waals surface area (Å²) in [6, 6.07) is 11.1. The lowest BCUT2D eigenvalue weighted by molar-refractivity contribution is -0.136. The fourth-order valence-electron chi connectivity index (χ4n) is 4.26. The maximum Gasteiger partial charge on any atom is 0.226 e. The van der Waals surface area contributed by atoms with Crippen LogP contribution < -0.4 is 5.73 Å². The number of rotatable bonds is 4. The van der Waals surface area contributed by atoms with Crippen molar-refractivity contribution in [2.45, 2.75) is 45.2 Å². The Morgan fingerprint density at radius 2 is 1.81 bits per heavy atom. The van der Waals surface area contributed by atoms with Crippen molar-refractivity contribution in [2.24, 2.45) is 17.6 Å². The zero-order chi connectivity index (χ0) is 16.9. The Labute approximate surface area is 170 Å². The summed E-state index contributed by atoms with van der Waals surface area (Å²) in [5.74, 6) is 0.932. The number of benzene rings is 1. The van der Waals surface area contributed by atoms with E-state index < -0.39 is 0 Å². The van der Waals surface area contributed by atoms with Crippen LogP contribution in [0.5, 0.6) is 0 Å². The summed E-state index contributed by atoms with van der Waals surface area (Å²) in [7, 11) is 0. The monoisotopic (exact) mass is 401 g/mol. The van der Waals surface area contributed by atoms with Gasteiger partial charge in [0.25, 0.3) is 0 Å². The number of nitrogens with zero attached hydrogens (tertiary/aromatic N) is 2. The maximum absolute atomic E-state index is 12.9. The minimum atomic E-state index is 0. The number of halogens is 2. The highest BCUT2D eigenvalue weighted by atomic mass is 35.5. The van der Waals surface area contributed by atoms with Crippen LogP contribution in [0, 0.1) is 11.8 Å². The van der Waals surface area contributed by atoms with Crippen LogP contribution in [0.15, 0.2) is 30.3 Å². The molecule has 3 atom stereocenters. The molecular formula is C20H33Cl2N3O. The third-order valence-corrected chi connectivity index (χ3v) is 5.92. The molecule has 26 heavy (non-hydrogen) atoms. The molecule has 0 radical (unpaired) electrons. The van der Waals surface area contributed by atoms with Crippen LogP contribution in [0.2, 0.25) is 0 Å². The lowest BCUT2D eigenvalue weighted by atomic mass is 9.94. The van der Waals surface area contributed by atoms with Crippen molar-refractivity contribution in [2.75, 3.05) is 26.2 Å². The first kappa shape index (κ1) is 23.2. The van der Waals surface area contributed by atoms with Gasteiger partial charge in [-0.1, -0.05) is 36.8 Å². The molecule has 2 aliphatic rings. The van der Waals surface area contributed by atoms with Crippen LogP contribution in [0.1, 0.15) is 38.2 Å². The Morgan fingerprint density at radius 3 is 2.50 bits per heavy atom. The molecule has 1 unspecified atom stereocenters. The van der Waals surface area contributed by atoms with Crippen molar-refractivity contribution >= 4 is 30.7 Å². The highest BCUT2D eigenvalue weighted by Crippen LogP contribution is 2.32. The molecule has 2 N–H and O–H groups in total. The van der Waals surface area contributed by atoms with E-state index in [4.69, 9.17) is 5.73 Å². The van der Waals surface area contributed by atoms with E-state index in [2.05, 4.69) is 47.1 Å². The molecule has 1 aliphatic carbocycles. The fraction of sp³-hybridized carbons (Fsp3) is 0.650. The lowest BCUT2D eigenvalue weighted by Crippen LogP contribution is -2.41. The average molecular weight is 402 g/mol. The van der Waals surface area contributed by atoms with Gasteiger partial charge in [0, 0.05) is 38.1 Å². The molecule has 3 rings (SSSR count). The van der Waals surface area contributed by atoms with Crippen molar-refractivity contribution in [1.29, 1.82) is 0 Å². The highest BCUT2D eigenvalue weighted by Gasteiger charge is 2.35. The molecule has 2 fully saturated rings. The molecule has 1 aromatic rings. The first-order chi connectivity index (χ1) is 11.7. The second-order valence-electron chi connectivity index (χ2n) is 7.45. The van der Waals surface area contributed by atoms with Crippen LogP contribution in [-0.2, 0) is 11.3 Å². The Morgan fingerprint density at radius 1 is 1.08 bits per heavy atom. The second kappa shape index (κ2) is 11.1. The predicted octanol–water partition coefficient (Wildman–Crippen LogP) is 3.33. The van der Waals surface area contributed by atoms with Crippen molar-refractivity contribution in [3.63, 3.8) is 0 Å². The Balaban J connectivity index is 0.00000169. The van der Waals surface area contributed by atoms with E-state index in [9.17, 15) is 4.79 Å². The molecule has 6 heteroatoms. The maximum atomic E-state index is 12.9. The average Bonchev–Trinajstić information content (AvgIpc) is 3.02. The van der Waals surface area contributed by atoms with Gasteiger partial charge in [0.1, 0.15) is 0 Å². The van der Waals surface area contributed by atoms with E-state index in [1.807, 2.05) is 0 Å². The summed E-state index contributed by atoms with van der Waals surface area (Å²) >= 11 is 0. The zero-order valence-corrected chi connectivity index (χ0v) is 17.3. The van der Waals surface area contributed by atoms with E-state index in [1.54, 1.807) is 0 Å². The minimum absolute atomic E-state index is 0. The smallest absolute Gasteiger partial charge is 0.226 e. The van der Waals surface area contributed by atoms with Crippen LogP contribution in [0.3, 0.4) is 0 Å². The third-order valence-electron chi connectivity index (χ3n) is 5.92. The zero-order valence-electron chi connectivity index (χ0n) is 15.7. The Kier molecular flexibility index (Phi) is 9.94. The van der Waals surface area contributed by atoms with E-state index in [-0.39, 0.29) is 30.7 Å². The van der Waals surface area contributed by atoms with Crippen molar-refractivity contribution in [1.82, 2.24) is 9.80 Å². The molecule has 1 aromatic carbocycles. The molecule has 148 valence electrons. The SMILES string of the molecule is CC1CCN(C(=O)[C@@H]2CCC[C@@H]2CN)CCN1Cc1ccccc1.Cl.Cl. The van der Waals surface area contributed by atoms with E-state index in [1.165, 1.54) is 5.56 Å². The topological polar surface area (TPSA) is 49.6 Å². The number of carbonyl (C=O) groups excluding carboxylic acids is 1. The lowest BCUT2D eigenvalue weighted by Gasteiger charge is -2.27. The van der Waals surface area contributed by atoms with Gasteiger partial charge in [-0.05, 0) is 44.2 Å². The number of hydrogen-bond donors (Lipinski definition) is 1. The minimum Gasteiger partial charge on any atom is -0.341 e. The normalized spacial score (nSPS) is 26.5. The van der Waals surface area contributed by atoms with Crippen LogP contribution >= 0.6 is 24.8 Å². The summed E-state index contributed by atoms with van der Waals surface area (Å²) in [5.41, 5.74) is 7.22. The molecule has 0 spiro atoms. The second-order valence-corrected chi connectivity index (χ2v) is 7.45. The summed E-state index contributed by atoms with van der Waals surface area (Å²) in [6.45, 7) is 6.61. The predicted molar refractivity (Wildman–Crippen MR) is 112 cm³/mol. The Hall–Kier alpha value is -0.810. The van der Waals surface area contributed by atoms with Gasteiger partial charge < -0.3 is 10.6 Å². The van der Waals surface area contributed by atoms with Crippen molar-refractivity contribution in [3.8, 4) is 0 Å². The van der Waals surface area contributed by atoms with E-state index >= 15 is 0 Å². The van der Waals surface area contributed by atoms with Gasteiger partial charge in [0.15, 0.2) is 0 Å². The third kappa shape index (κ3) is 5.59. The molecule has 0 bridgehead atoms. The number of amides is 1. The Bertz CT molecular complexity index is 543. The summed E-state index contributed by atoms with van der Waals surface area (Å²) in [5, 5.41) is 0. The standard InChI is InChI=1S/C20H31N3O.2ClH/c1-16-10-11-22(20(24)19-9-5-8-18(19)14-21)12-13-23(16)15-17-6-3-2-4-7-17;;/h2-4,6-7,16,18-19H,5,8-15,21H2,1H3;2*1H/t16?,18-,19-;;/m1../s1. The highest BCUT2D eigenvalue weighted by molar-refractivity contribution is 5.85. The summed E-state index contributed by atoms with van der Waals surface area (Å²) < 4.78 is 0. The number of hydrogen-bond acceptors (Lipinski definition) is 3. The molecule has 1 aliphatic heterocycles. The van der Waals surface area contributed by atoms with Gasteiger partial charge in [-0.15, -0.1) is 24.8 Å². The van der Waals surface area contributed by atoms with Gasteiger partial charge in [-0.3, -0.25) is 9.69 Å². The van der Waals surface area contributed by atoms with Crippen LogP contribution in [-0.4, -0.2) is 47.9 Å². The molecule has 4 nitrogen and oxygen atoms in total.